The summed E-state index contributed by atoms with van der Waals surface area (Å²) in [6, 6.07) is 15.8. The van der Waals surface area contributed by atoms with E-state index in [0.29, 0.717) is 5.56 Å². The Morgan fingerprint density at radius 3 is 2.58 bits per heavy atom. The molecule has 0 bridgehead atoms. The molecule has 1 amide bonds. The number of hydrogen-bond donors (Lipinski definition) is 1. The van der Waals surface area contributed by atoms with Gasteiger partial charge in [0.05, 0.1) is 5.69 Å². The smallest absolute Gasteiger partial charge is 0.260 e. The molecular weight excluding hydrogens is 258 g/mol. The molecule has 0 fully saturated rings. The standard InChI is InChI=1S/C15H13NO2S/c1-16-13-9-11(19-10-5-3-2-4-6-10)7-8-12(13)14(17)15(16)18/h2-9,14,17H,1H3. The number of rotatable bonds is 2. The number of hydrogen-bond acceptors (Lipinski definition) is 3. The van der Waals surface area contributed by atoms with Crippen molar-refractivity contribution in [3.63, 3.8) is 0 Å². The van der Waals surface area contributed by atoms with Gasteiger partial charge in [-0.3, -0.25) is 4.79 Å². The van der Waals surface area contributed by atoms with E-state index in [1.807, 2.05) is 48.5 Å². The molecule has 3 nitrogen and oxygen atoms in total. The lowest BCUT2D eigenvalue weighted by Gasteiger charge is -2.10. The molecular formula is C15H13NO2S. The lowest BCUT2D eigenvalue weighted by molar-refractivity contribution is -0.125. The van der Waals surface area contributed by atoms with Crippen molar-refractivity contribution < 1.29 is 9.90 Å². The maximum Gasteiger partial charge on any atom is 0.260 e. The molecule has 2 aromatic rings. The van der Waals surface area contributed by atoms with E-state index in [1.54, 1.807) is 18.8 Å². The van der Waals surface area contributed by atoms with E-state index in [-0.39, 0.29) is 5.91 Å². The van der Waals surface area contributed by atoms with Crippen LogP contribution in [0, 0.1) is 0 Å². The highest BCUT2D eigenvalue weighted by molar-refractivity contribution is 7.99. The number of carbonyl (C=O) groups excluding carboxylic acids is 1. The van der Waals surface area contributed by atoms with Gasteiger partial charge >= 0.3 is 0 Å². The summed E-state index contributed by atoms with van der Waals surface area (Å²) in [6.07, 6.45) is -1.02. The van der Waals surface area contributed by atoms with Gasteiger partial charge in [-0.05, 0) is 24.3 Å². The Labute approximate surface area is 115 Å². The summed E-state index contributed by atoms with van der Waals surface area (Å²) in [5, 5.41) is 9.80. The lowest BCUT2D eigenvalue weighted by atomic mass is 10.1. The highest BCUT2D eigenvalue weighted by Crippen LogP contribution is 2.38. The van der Waals surface area contributed by atoms with Crippen LogP contribution in [0.3, 0.4) is 0 Å². The molecule has 4 heteroatoms. The maximum atomic E-state index is 11.7. The number of amides is 1. The van der Waals surface area contributed by atoms with Gasteiger partial charge in [0.2, 0.25) is 0 Å². The summed E-state index contributed by atoms with van der Waals surface area (Å²) in [7, 11) is 1.69. The molecule has 0 aromatic heterocycles. The summed E-state index contributed by atoms with van der Waals surface area (Å²) < 4.78 is 0. The minimum absolute atomic E-state index is 0.267. The van der Waals surface area contributed by atoms with Gasteiger partial charge in [-0.15, -0.1) is 0 Å². The molecule has 1 aliphatic rings. The average molecular weight is 271 g/mol. The minimum atomic E-state index is -1.02. The van der Waals surface area contributed by atoms with E-state index in [2.05, 4.69) is 0 Å². The highest BCUT2D eigenvalue weighted by Gasteiger charge is 2.33. The van der Waals surface area contributed by atoms with Gasteiger partial charge in [-0.1, -0.05) is 36.0 Å². The van der Waals surface area contributed by atoms with E-state index >= 15 is 0 Å². The normalized spacial score (nSPS) is 17.7. The van der Waals surface area contributed by atoms with Crippen molar-refractivity contribution in [1.29, 1.82) is 0 Å². The third-order valence-electron chi connectivity index (χ3n) is 3.20. The van der Waals surface area contributed by atoms with Crippen LogP contribution >= 0.6 is 11.8 Å². The first-order valence-electron chi connectivity index (χ1n) is 5.99. The molecule has 0 saturated carbocycles. The second-order valence-corrected chi connectivity index (χ2v) is 5.58. The van der Waals surface area contributed by atoms with Crippen LogP contribution in [0.15, 0.2) is 58.3 Å². The van der Waals surface area contributed by atoms with Crippen molar-refractivity contribution in [3.8, 4) is 0 Å². The van der Waals surface area contributed by atoms with Crippen LogP contribution in [0.25, 0.3) is 0 Å². The van der Waals surface area contributed by atoms with Crippen molar-refractivity contribution in [1.82, 2.24) is 0 Å². The van der Waals surface area contributed by atoms with E-state index in [0.717, 1.165) is 15.5 Å². The van der Waals surface area contributed by atoms with Crippen LogP contribution < -0.4 is 4.90 Å². The summed E-state index contributed by atoms with van der Waals surface area (Å²) in [6.45, 7) is 0. The molecule has 0 radical (unpaired) electrons. The molecule has 1 unspecified atom stereocenters. The first-order chi connectivity index (χ1) is 9.16. The first-order valence-corrected chi connectivity index (χ1v) is 6.81. The van der Waals surface area contributed by atoms with Crippen LogP contribution in [-0.2, 0) is 4.79 Å². The Morgan fingerprint density at radius 1 is 1.11 bits per heavy atom. The van der Waals surface area contributed by atoms with Gasteiger partial charge in [0.15, 0.2) is 6.10 Å². The summed E-state index contributed by atoms with van der Waals surface area (Å²) in [5.74, 6) is -0.267. The first kappa shape index (κ1) is 12.3. The van der Waals surface area contributed by atoms with E-state index in [4.69, 9.17) is 0 Å². The molecule has 3 rings (SSSR count). The van der Waals surface area contributed by atoms with Gasteiger partial charge in [0.25, 0.3) is 5.91 Å². The Kier molecular flexibility index (Phi) is 3.05. The molecule has 1 heterocycles. The zero-order chi connectivity index (χ0) is 13.4. The molecule has 1 N–H and O–H groups in total. The predicted octanol–water partition coefficient (Wildman–Crippen LogP) is 2.85. The topological polar surface area (TPSA) is 40.5 Å². The number of anilines is 1. The molecule has 96 valence electrons. The Hall–Kier alpha value is -1.78. The number of carbonyl (C=O) groups is 1. The lowest BCUT2D eigenvalue weighted by Crippen LogP contribution is -2.23. The minimum Gasteiger partial charge on any atom is -0.378 e. The number of nitrogens with zero attached hydrogens (tertiary/aromatic N) is 1. The second kappa shape index (κ2) is 4.72. The summed E-state index contributed by atoms with van der Waals surface area (Å²) in [5.41, 5.74) is 1.48. The van der Waals surface area contributed by atoms with Crippen LogP contribution in [0.5, 0.6) is 0 Å². The fourth-order valence-electron chi connectivity index (χ4n) is 2.17. The number of fused-ring (bicyclic) bond motifs is 1. The van der Waals surface area contributed by atoms with Gasteiger partial charge in [-0.2, -0.15) is 0 Å². The summed E-state index contributed by atoms with van der Waals surface area (Å²) in [4.78, 5) is 15.4. The number of benzene rings is 2. The van der Waals surface area contributed by atoms with E-state index in [9.17, 15) is 9.90 Å². The van der Waals surface area contributed by atoms with Gasteiger partial charge in [0, 0.05) is 22.4 Å². The molecule has 0 spiro atoms. The Balaban J connectivity index is 1.93. The zero-order valence-corrected chi connectivity index (χ0v) is 11.2. The Bertz CT molecular complexity index is 627. The fourth-order valence-corrected chi connectivity index (χ4v) is 3.04. The Morgan fingerprint density at radius 2 is 1.84 bits per heavy atom. The summed E-state index contributed by atoms with van der Waals surface area (Å²) >= 11 is 1.64. The predicted molar refractivity (Wildman–Crippen MR) is 75.4 cm³/mol. The number of likely N-dealkylation sites (N-methyl/N-ethyl adjacent to an activating group) is 1. The molecule has 1 atom stereocenters. The number of aliphatic hydroxyl groups excluding tert-OH is 1. The van der Waals surface area contributed by atoms with Crippen LogP contribution in [0.4, 0.5) is 5.69 Å². The van der Waals surface area contributed by atoms with Crippen molar-refractivity contribution in [2.45, 2.75) is 15.9 Å². The molecule has 19 heavy (non-hydrogen) atoms. The number of aliphatic hydroxyl groups is 1. The SMILES string of the molecule is CN1C(=O)C(O)c2ccc(Sc3ccccc3)cc21. The fraction of sp³-hybridized carbons (Fsp3) is 0.133. The van der Waals surface area contributed by atoms with Crippen molar-refractivity contribution >= 4 is 23.4 Å². The van der Waals surface area contributed by atoms with E-state index < -0.39 is 6.10 Å². The quantitative estimate of drug-likeness (QED) is 0.913. The van der Waals surface area contributed by atoms with Crippen LogP contribution in [0.2, 0.25) is 0 Å². The van der Waals surface area contributed by atoms with Gasteiger partial charge in [0.1, 0.15) is 0 Å². The van der Waals surface area contributed by atoms with Crippen molar-refractivity contribution in [3.05, 3.63) is 54.1 Å². The van der Waals surface area contributed by atoms with E-state index in [1.165, 1.54) is 4.90 Å². The zero-order valence-electron chi connectivity index (χ0n) is 10.4. The maximum absolute atomic E-state index is 11.7. The monoisotopic (exact) mass is 271 g/mol. The van der Waals surface area contributed by atoms with Gasteiger partial charge < -0.3 is 10.0 Å². The molecule has 1 aliphatic heterocycles. The van der Waals surface area contributed by atoms with Gasteiger partial charge in [-0.25, -0.2) is 0 Å². The second-order valence-electron chi connectivity index (χ2n) is 4.44. The largest absolute Gasteiger partial charge is 0.378 e. The van der Waals surface area contributed by atoms with Crippen molar-refractivity contribution in [2.75, 3.05) is 11.9 Å². The highest BCUT2D eigenvalue weighted by atomic mass is 32.2. The van der Waals surface area contributed by atoms with Crippen LogP contribution in [0.1, 0.15) is 11.7 Å². The van der Waals surface area contributed by atoms with Crippen molar-refractivity contribution in [2.24, 2.45) is 0 Å². The molecule has 2 aromatic carbocycles. The molecule has 0 saturated heterocycles. The van der Waals surface area contributed by atoms with Crippen LogP contribution in [-0.4, -0.2) is 18.1 Å². The average Bonchev–Trinajstić information content (AvgIpc) is 2.65. The molecule has 0 aliphatic carbocycles. The third kappa shape index (κ3) is 2.13. The third-order valence-corrected chi connectivity index (χ3v) is 4.20.